The van der Waals surface area contributed by atoms with E-state index in [4.69, 9.17) is 4.74 Å². The van der Waals surface area contributed by atoms with Gasteiger partial charge in [0.1, 0.15) is 5.75 Å². The standard InChI is InChI=1S/C34H35NO4/c1-20-14-15-24(18-21(20)2)33-17-16-28(26-11-6-8-12-27(26)33)34(32(37)38)19-35(23(4)30(33)34)31(36)22(3)25-10-7-9-13-29(25)39-5/h6-15,18,23,28,30H,3,16-17,19H2,1-2,4-5H3,(H,37,38). The van der Waals surface area contributed by atoms with Crippen LogP contribution >= 0.6 is 0 Å². The molecule has 1 saturated heterocycles. The first-order valence-electron chi connectivity index (χ1n) is 13.7. The van der Waals surface area contributed by atoms with Crippen molar-refractivity contribution in [3.63, 3.8) is 0 Å². The van der Waals surface area contributed by atoms with Crippen molar-refractivity contribution in [1.29, 1.82) is 0 Å². The molecule has 5 nitrogen and oxygen atoms in total. The zero-order chi connectivity index (χ0) is 27.7. The van der Waals surface area contributed by atoms with Gasteiger partial charge >= 0.3 is 5.97 Å². The van der Waals surface area contributed by atoms with E-state index >= 15 is 0 Å². The summed E-state index contributed by atoms with van der Waals surface area (Å²) in [7, 11) is 1.57. The minimum Gasteiger partial charge on any atom is -0.496 e. The van der Waals surface area contributed by atoms with Crippen LogP contribution in [0.25, 0.3) is 5.57 Å². The molecule has 1 amide bonds. The van der Waals surface area contributed by atoms with Gasteiger partial charge in [-0.2, -0.15) is 0 Å². The third-order valence-electron chi connectivity index (χ3n) is 10.1. The first-order valence-corrected chi connectivity index (χ1v) is 13.7. The Labute approximate surface area is 230 Å². The number of benzene rings is 3. The molecule has 1 saturated carbocycles. The Bertz CT molecular complexity index is 1530. The molecule has 2 fully saturated rings. The Hall–Kier alpha value is -3.86. The Morgan fingerprint density at radius 2 is 1.74 bits per heavy atom. The number of hydrogen-bond donors (Lipinski definition) is 1. The Kier molecular flexibility index (Phi) is 5.76. The van der Waals surface area contributed by atoms with Gasteiger partial charge in [0.25, 0.3) is 5.91 Å². The summed E-state index contributed by atoms with van der Waals surface area (Å²) >= 11 is 0. The lowest BCUT2D eigenvalue weighted by atomic mass is 9.41. The minimum absolute atomic E-state index is 0.159. The second kappa shape index (κ2) is 8.84. The zero-order valence-corrected chi connectivity index (χ0v) is 23.0. The van der Waals surface area contributed by atoms with Crippen LogP contribution in [0.3, 0.4) is 0 Å². The molecule has 3 aromatic rings. The van der Waals surface area contributed by atoms with E-state index in [0.717, 1.165) is 24.0 Å². The number of carbonyl (C=O) groups excluding carboxylic acids is 1. The number of amides is 1. The molecule has 3 aromatic carbocycles. The van der Waals surface area contributed by atoms with Crippen LogP contribution in [0.5, 0.6) is 5.75 Å². The maximum atomic E-state index is 14.2. The quantitative estimate of drug-likeness (QED) is 0.411. The monoisotopic (exact) mass is 521 g/mol. The van der Waals surface area contributed by atoms with Crippen LogP contribution in [-0.4, -0.2) is 41.6 Å². The highest BCUT2D eigenvalue weighted by atomic mass is 16.5. The lowest BCUT2D eigenvalue weighted by Crippen LogP contribution is -2.61. The number of carboxylic acid groups (broad SMARTS) is 1. The molecule has 39 heavy (non-hydrogen) atoms. The van der Waals surface area contributed by atoms with Gasteiger partial charge in [-0.3, -0.25) is 9.59 Å². The van der Waals surface area contributed by atoms with Gasteiger partial charge in [-0.05, 0) is 67.5 Å². The van der Waals surface area contributed by atoms with E-state index in [0.29, 0.717) is 16.9 Å². The van der Waals surface area contributed by atoms with Gasteiger partial charge in [0.15, 0.2) is 0 Å². The largest absolute Gasteiger partial charge is 0.496 e. The minimum atomic E-state index is -1.10. The number of carbonyl (C=O) groups is 2. The van der Waals surface area contributed by atoms with Gasteiger partial charge in [-0.25, -0.2) is 0 Å². The number of aliphatic carboxylic acids is 1. The topological polar surface area (TPSA) is 66.8 Å². The fourth-order valence-corrected chi connectivity index (χ4v) is 8.33. The number of fused-ring (bicyclic) bond motifs is 1. The lowest BCUT2D eigenvalue weighted by molar-refractivity contribution is -0.158. The number of hydrogen-bond acceptors (Lipinski definition) is 3. The molecular formula is C34H35NO4. The number of aryl methyl sites for hydroxylation is 2. The number of methoxy groups -OCH3 is 1. The third-order valence-corrected chi connectivity index (χ3v) is 10.1. The van der Waals surface area contributed by atoms with E-state index in [2.05, 4.69) is 56.8 Å². The average molecular weight is 522 g/mol. The third kappa shape index (κ3) is 3.25. The van der Waals surface area contributed by atoms with Gasteiger partial charge in [0.2, 0.25) is 0 Å². The molecule has 0 spiro atoms. The van der Waals surface area contributed by atoms with E-state index in [1.54, 1.807) is 12.0 Å². The first-order chi connectivity index (χ1) is 18.7. The number of para-hydroxylation sites is 1. The summed E-state index contributed by atoms with van der Waals surface area (Å²) in [5.41, 5.74) is 5.23. The summed E-state index contributed by atoms with van der Waals surface area (Å²) in [6.45, 7) is 10.6. The molecule has 5 heteroatoms. The fourth-order valence-electron chi connectivity index (χ4n) is 8.33. The SMILES string of the molecule is C=C(C(=O)N1CC2(C(=O)O)C3CCC(c4ccc(C)c(C)c4)(c4ccccc43)C2C1C)c1ccccc1OC. The van der Waals surface area contributed by atoms with Crippen molar-refractivity contribution in [3.8, 4) is 5.75 Å². The normalized spacial score (nSPS) is 28.5. The summed E-state index contributed by atoms with van der Waals surface area (Å²) in [6, 6.07) is 22.0. The van der Waals surface area contributed by atoms with E-state index in [-0.39, 0.29) is 30.3 Å². The number of ether oxygens (including phenoxy) is 1. The second-order valence-corrected chi connectivity index (χ2v) is 11.6. The molecule has 0 aromatic heterocycles. The first kappa shape index (κ1) is 25.4. The van der Waals surface area contributed by atoms with Crippen LogP contribution in [0, 0.1) is 25.2 Å². The zero-order valence-electron chi connectivity index (χ0n) is 23.0. The fraction of sp³-hybridized carbons (Fsp3) is 0.353. The van der Waals surface area contributed by atoms with Crippen molar-refractivity contribution >= 4 is 17.4 Å². The van der Waals surface area contributed by atoms with E-state index in [9.17, 15) is 14.7 Å². The molecule has 0 radical (unpaired) electrons. The highest BCUT2D eigenvalue weighted by Gasteiger charge is 2.73. The molecule has 1 heterocycles. The second-order valence-electron chi connectivity index (χ2n) is 11.6. The molecule has 3 aliphatic carbocycles. The van der Waals surface area contributed by atoms with Gasteiger partial charge in [0, 0.05) is 41.0 Å². The Balaban J connectivity index is 1.55. The summed E-state index contributed by atoms with van der Waals surface area (Å²) in [5.74, 6) is -0.921. The van der Waals surface area contributed by atoms with Crippen LogP contribution in [0.2, 0.25) is 0 Å². The van der Waals surface area contributed by atoms with Crippen LogP contribution in [0.4, 0.5) is 0 Å². The van der Waals surface area contributed by atoms with Crippen molar-refractivity contribution in [3.05, 3.63) is 107 Å². The summed E-state index contributed by atoms with van der Waals surface area (Å²) < 4.78 is 5.51. The predicted molar refractivity (Wildman–Crippen MR) is 152 cm³/mol. The highest BCUT2D eigenvalue weighted by Crippen LogP contribution is 2.70. The van der Waals surface area contributed by atoms with Gasteiger partial charge in [-0.1, -0.05) is 67.2 Å². The Morgan fingerprint density at radius 3 is 2.46 bits per heavy atom. The van der Waals surface area contributed by atoms with Crippen LogP contribution in [0.15, 0.2) is 73.3 Å². The summed E-state index contributed by atoms with van der Waals surface area (Å²) in [5, 5.41) is 11.1. The molecule has 7 rings (SSSR count). The van der Waals surface area contributed by atoms with Gasteiger partial charge in [-0.15, -0.1) is 0 Å². The van der Waals surface area contributed by atoms with E-state index in [1.807, 2.05) is 37.3 Å². The van der Waals surface area contributed by atoms with Crippen molar-refractivity contribution in [2.24, 2.45) is 11.3 Å². The molecule has 1 N–H and O–H groups in total. The van der Waals surface area contributed by atoms with E-state index in [1.165, 1.54) is 16.7 Å². The highest BCUT2D eigenvalue weighted by molar-refractivity contribution is 6.19. The van der Waals surface area contributed by atoms with Gasteiger partial charge < -0.3 is 14.7 Å². The molecule has 2 bridgehead atoms. The number of carboxylic acids is 1. The van der Waals surface area contributed by atoms with Crippen molar-refractivity contribution in [1.82, 2.24) is 4.90 Å². The summed E-state index contributed by atoms with van der Waals surface area (Å²) in [4.78, 5) is 29.5. The number of nitrogens with zero attached hydrogens (tertiary/aromatic N) is 1. The van der Waals surface area contributed by atoms with Crippen molar-refractivity contribution < 1.29 is 19.4 Å². The average Bonchev–Trinajstić information content (AvgIpc) is 3.29. The smallest absolute Gasteiger partial charge is 0.312 e. The van der Waals surface area contributed by atoms with Gasteiger partial charge in [0.05, 0.1) is 12.5 Å². The molecule has 4 aliphatic rings. The molecule has 5 unspecified atom stereocenters. The Morgan fingerprint density at radius 1 is 1.03 bits per heavy atom. The van der Waals surface area contributed by atoms with Crippen molar-refractivity contribution in [2.75, 3.05) is 13.7 Å². The predicted octanol–water partition coefficient (Wildman–Crippen LogP) is 6.12. The van der Waals surface area contributed by atoms with Crippen LogP contribution in [-0.2, 0) is 15.0 Å². The van der Waals surface area contributed by atoms with Crippen LogP contribution < -0.4 is 4.74 Å². The van der Waals surface area contributed by atoms with Crippen LogP contribution in [0.1, 0.15) is 59.1 Å². The summed E-state index contributed by atoms with van der Waals surface area (Å²) in [6.07, 6.45) is 1.63. The lowest BCUT2D eigenvalue weighted by Gasteiger charge is -2.60. The number of rotatable bonds is 5. The van der Waals surface area contributed by atoms with Crippen molar-refractivity contribution in [2.45, 2.75) is 51.0 Å². The van der Waals surface area contributed by atoms with E-state index < -0.39 is 16.8 Å². The molecule has 200 valence electrons. The number of likely N-dealkylation sites (tertiary alicyclic amines) is 1. The molecular weight excluding hydrogens is 486 g/mol. The molecule has 5 atom stereocenters. The maximum absolute atomic E-state index is 14.2. The maximum Gasteiger partial charge on any atom is 0.312 e. The molecule has 1 aliphatic heterocycles.